The SMILES string of the molecule is O=C(NC[C@@H](O)c1ccc([N+](=O)[O-])cc1)c1cc(F)c(Cl)cc1Cl. The Hall–Kier alpha value is -2.22. The Morgan fingerprint density at radius 3 is 2.46 bits per heavy atom. The molecule has 0 fully saturated rings. The van der Waals surface area contributed by atoms with E-state index >= 15 is 0 Å². The van der Waals surface area contributed by atoms with Gasteiger partial charge in [0.25, 0.3) is 11.6 Å². The van der Waals surface area contributed by atoms with Gasteiger partial charge in [0.05, 0.1) is 26.6 Å². The summed E-state index contributed by atoms with van der Waals surface area (Å²) in [5.74, 6) is -1.47. The summed E-state index contributed by atoms with van der Waals surface area (Å²) in [5, 5.41) is 22.7. The average Bonchev–Trinajstić information content (AvgIpc) is 2.55. The van der Waals surface area contributed by atoms with Crippen LogP contribution in [0.25, 0.3) is 0 Å². The number of carbonyl (C=O) groups is 1. The van der Waals surface area contributed by atoms with Crippen molar-refractivity contribution in [1.29, 1.82) is 0 Å². The van der Waals surface area contributed by atoms with Crippen molar-refractivity contribution in [1.82, 2.24) is 5.32 Å². The van der Waals surface area contributed by atoms with Crippen LogP contribution in [0.4, 0.5) is 10.1 Å². The molecule has 0 spiro atoms. The maximum atomic E-state index is 13.4. The summed E-state index contributed by atoms with van der Waals surface area (Å²) in [4.78, 5) is 22.0. The molecule has 0 saturated carbocycles. The number of benzene rings is 2. The highest BCUT2D eigenvalue weighted by Crippen LogP contribution is 2.24. The van der Waals surface area contributed by atoms with Gasteiger partial charge < -0.3 is 10.4 Å². The lowest BCUT2D eigenvalue weighted by Crippen LogP contribution is -2.28. The van der Waals surface area contributed by atoms with E-state index in [9.17, 15) is 24.4 Å². The molecule has 0 aromatic heterocycles. The maximum Gasteiger partial charge on any atom is 0.269 e. The predicted molar refractivity (Wildman–Crippen MR) is 86.8 cm³/mol. The van der Waals surface area contributed by atoms with Crippen molar-refractivity contribution in [3.63, 3.8) is 0 Å². The van der Waals surface area contributed by atoms with Gasteiger partial charge in [-0.1, -0.05) is 23.2 Å². The first-order valence-corrected chi connectivity index (χ1v) is 7.40. The van der Waals surface area contributed by atoms with Crippen molar-refractivity contribution < 1.29 is 19.2 Å². The number of halogens is 3. The second-order valence-electron chi connectivity index (χ2n) is 4.82. The van der Waals surface area contributed by atoms with E-state index in [0.29, 0.717) is 5.56 Å². The van der Waals surface area contributed by atoms with E-state index in [-0.39, 0.29) is 27.8 Å². The predicted octanol–water partition coefficient (Wildman–Crippen LogP) is 3.50. The van der Waals surface area contributed by atoms with E-state index in [0.717, 1.165) is 12.1 Å². The Morgan fingerprint density at radius 2 is 1.88 bits per heavy atom. The smallest absolute Gasteiger partial charge is 0.269 e. The van der Waals surface area contributed by atoms with Crippen LogP contribution in [0, 0.1) is 15.9 Å². The first-order valence-electron chi connectivity index (χ1n) is 6.64. The molecule has 0 radical (unpaired) electrons. The zero-order valence-electron chi connectivity index (χ0n) is 12.0. The fourth-order valence-corrected chi connectivity index (χ4v) is 2.39. The molecule has 0 aliphatic carbocycles. The van der Waals surface area contributed by atoms with Crippen molar-refractivity contribution in [2.75, 3.05) is 6.54 Å². The van der Waals surface area contributed by atoms with Gasteiger partial charge in [-0.3, -0.25) is 14.9 Å². The molecular formula is C15H11Cl2FN2O4. The molecule has 2 aromatic carbocycles. The Kier molecular flexibility index (Phi) is 5.71. The summed E-state index contributed by atoms with van der Waals surface area (Å²) in [6.45, 7) is -0.183. The van der Waals surface area contributed by atoms with Gasteiger partial charge in [0.2, 0.25) is 0 Å². The number of amides is 1. The minimum Gasteiger partial charge on any atom is -0.387 e. The van der Waals surface area contributed by atoms with Gasteiger partial charge in [0.1, 0.15) is 5.82 Å². The molecule has 0 unspecified atom stereocenters. The molecule has 0 bridgehead atoms. The molecule has 24 heavy (non-hydrogen) atoms. The van der Waals surface area contributed by atoms with Crippen molar-refractivity contribution in [3.8, 4) is 0 Å². The lowest BCUT2D eigenvalue weighted by molar-refractivity contribution is -0.384. The van der Waals surface area contributed by atoms with Gasteiger partial charge in [-0.2, -0.15) is 0 Å². The normalized spacial score (nSPS) is 11.8. The molecule has 0 heterocycles. The Labute approximate surface area is 146 Å². The van der Waals surface area contributed by atoms with Crippen molar-refractivity contribution in [3.05, 3.63) is 73.5 Å². The molecule has 0 aliphatic heterocycles. The van der Waals surface area contributed by atoms with E-state index in [1.54, 1.807) is 0 Å². The summed E-state index contributed by atoms with van der Waals surface area (Å²) in [6, 6.07) is 7.25. The van der Waals surface area contributed by atoms with Crippen LogP contribution in [0.1, 0.15) is 22.0 Å². The molecule has 0 saturated heterocycles. The zero-order valence-corrected chi connectivity index (χ0v) is 13.5. The van der Waals surface area contributed by atoms with Crippen LogP contribution in [0.5, 0.6) is 0 Å². The van der Waals surface area contributed by atoms with Crippen LogP contribution < -0.4 is 5.32 Å². The third-order valence-corrected chi connectivity index (χ3v) is 3.80. The molecule has 1 amide bonds. The average molecular weight is 373 g/mol. The maximum absolute atomic E-state index is 13.4. The van der Waals surface area contributed by atoms with Crippen LogP contribution in [-0.4, -0.2) is 22.5 Å². The molecule has 2 N–H and O–H groups in total. The van der Waals surface area contributed by atoms with Crippen molar-refractivity contribution >= 4 is 34.8 Å². The first-order chi connectivity index (χ1) is 11.3. The highest BCUT2D eigenvalue weighted by Gasteiger charge is 2.16. The molecule has 2 aromatic rings. The molecule has 0 aliphatic rings. The van der Waals surface area contributed by atoms with E-state index in [1.165, 1.54) is 24.3 Å². The van der Waals surface area contributed by atoms with Crippen LogP contribution in [0.15, 0.2) is 36.4 Å². The summed E-state index contributed by atoms with van der Waals surface area (Å²) < 4.78 is 13.4. The second-order valence-corrected chi connectivity index (χ2v) is 5.64. The lowest BCUT2D eigenvalue weighted by atomic mass is 10.1. The van der Waals surface area contributed by atoms with E-state index in [4.69, 9.17) is 23.2 Å². The monoisotopic (exact) mass is 372 g/mol. The van der Waals surface area contributed by atoms with Gasteiger partial charge in [0.15, 0.2) is 0 Å². The van der Waals surface area contributed by atoms with Gasteiger partial charge in [-0.05, 0) is 29.8 Å². The van der Waals surface area contributed by atoms with Crippen LogP contribution >= 0.6 is 23.2 Å². The summed E-state index contributed by atoms with van der Waals surface area (Å²) in [7, 11) is 0. The Morgan fingerprint density at radius 1 is 1.25 bits per heavy atom. The summed E-state index contributed by atoms with van der Waals surface area (Å²) in [5.41, 5.74) is 0.155. The molecular weight excluding hydrogens is 362 g/mol. The lowest BCUT2D eigenvalue weighted by Gasteiger charge is -2.13. The van der Waals surface area contributed by atoms with Gasteiger partial charge in [0, 0.05) is 18.7 Å². The third kappa shape index (κ3) is 4.19. The van der Waals surface area contributed by atoms with Gasteiger partial charge in [-0.25, -0.2) is 4.39 Å². The van der Waals surface area contributed by atoms with E-state index in [1.807, 2.05) is 0 Å². The number of nitro benzene ring substituents is 1. The number of nitro groups is 1. The second kappa shape index (κ2) is 7.57. The van der Waals surface area contributed by atoms with Crippen LogP contribution in [0.3, 0.4) is 0 Å². The van der Waals surface area contributed by atoms with Crippen molar-refractivity contribution in [2.45, 2.75) is 6.10 Å². The number of nitrogens with one attached hydrogen (secondary N) is 1. The fourth-order valence-electron chi connectivity index (χ4n) is 1.92. The molecule has 126 valence electrons. The molecule has 6 nitrogen and oxygen atoms in total. The third-order valence-electron chi connectivity index (χ3n) is 3.20. The van der Waals surface area contributed by atoms with Crippen LogP contribution in [-0.2, 0) is 0 Å². The fraction of sp³-hybridized carbons (Fsp3) is 0.133. The largest absolute Gasteiger partial charge is 0.387 e. The highest BCUT2D eigenvalue weighted by molar-refractivity contribution is 6.36. The highest BCUT2D eigenvalue weighted by atomic mass is 35.5. The Bertz CT molecular complexity index is 784. The minimum atomic E-state index is -1.09. The number of aliphatic hydroxyl groups is 1. The number of hydrogen-bond acceptors (Lipinski definition) is 4. The number of nitrogens with zero attached hydrogens (tertiary/aromatic N) is 1. The number of non-ortho nitro benzene ring substituents is 1. The molecule has 2 rings (SSSR count). The van der Waals surface area contributed by atoms with Gasteiger partial charge in [-0.15, -0.1) is 0 Å². The van der Waals surface area contributed by atoms with Crippen LogP contribution in [0.2, 0.25) is 10.0 Å². The zero-order chi connectivity index (χ0) is 17.9. The van der Waals surface area contributed by atoms with E-state index < -0.39 is 22.8 Å². The van der Waals surface area contributed by atoms with Gasteiger partial charge >= 0.3 is 0 Å². The number of rotatable bonds is 5. The van der Waals surface area contributed by atoms with Crippen molar-refractivity contribution in [2.24, 2.45) is 0 Å². The topological polar surface area (TPSA) is 92.5 Å². The molecule has 1 atom stereocenters. The number of hydrogen-bond donors (Lipinski definition) is 2. The standard InChI is InChI=1S/C15H11Cl2FN2O4/c16-11-6-12(17)13(18)5-10(11)15(22)19-7-14(21)8-1-3-9(4-2-8)20(23)24/h1-6,14,21H,7H2,(H,19,22)/t14-/m1/s1. The minimum absolute atomic E-state index is 0.0243. The summed E-state index contributed by atoms with van der Waals surface area (Å²) in [6.07, 6.45) is -1.09. The Balaban J connectivity index is 2.03. The number of carbonyl (C=O) groups excluding carboxylic acids is 1. The summed E-state index contributed by atoms with van der Waals surface area (Å²) >= 11 is 11.4. The van der Waals surface area contributed by atoms with E-state index in [2.05, 4.69) is 5.32 Å². The number of aliphatic hydroxyl groups excluding tert-OH is 1. The molecule has 9 heteroatoms. The quantitative estimate of drug-likeness (QED) is 0.477. The first kappa shape index (κ1) is 18.1.